The van der Waals surface area contributed by atoms with E-state index in [4.69, 9.17) is 22.4 Å². The van der Waals surface area contributed by atoms with Gasteiger partial charge >= 0.3 is 5.97 Å². The van der Waals surface area contributed by atoms with E-state index in [1.165, 1.54) is 0 Å². The first-order valence-corrected chi connectivity index (χ1v) is 4.20. The van der Waals surface area contributed by atoms with E-state index >= 15 is 0 Å². The van der Waals surface area contributed by atoms with Crippen LogP contribution < -0.4 is 5.73 Å². The first kappa shape index (κ1) is 10.0. The molecule has 0 heterocycles. The van der Waals surface area contributed by atoms with Gasteiger partial charge in [-0.25, -0.2) is 0 Å². The summed E-state index contributed by atoms with van der Waals surface area (Å²) in [5.41, 5.74) is 6.95. The summed E-state index contributed by atoms with van der Waals surface area (Å²) in [6.07, 6.45) is -0.0346. The predicted octanol–water partition coefficient (Wildman–Crippen LogP) is 1.43. The fourth-order valence-corrected chi connectivity index (χ4v) is 1.32. The highest BCUT2D eigenvalue weighted by molar-refractivity contribution is 6.30. The van der Waals surface area contributed by atoms with Crippen LogP contribution in [0.2, 0.25) is 5.02 Å². The lowest BCUT2D eigenvalue weighted by molar-refractivity contribution is -0.136. The van der Waals surface area contributed by atoms with Crippen molar-refractivity contribution in [2.24, 2.45) is 5.73 Å². The van der Waals surface area contributed by atoms with Crippen LogP contribution in [0.3, 0.4) is 0 Å². The van der Waals surface area contributed by atoms with E-state index in [9.17, 15) is 4.79 Å². The Morgan fingerprint density at radius 1 is 1.46 bits per heavy atom. The van der Waals surface area contributed by atoms with Gasteiger partial charge in [0.1, 0.15) is 0 Å². The Morgan fingerprint density at radius 3 is 2.69 bits per heavy atom. The molecule has 0 fully saturated rings. The second kappa shape index (κ2) is 4.25. The second-order valence-electron chi connectivity index (χ2n) is 2.69. The van der Waals surface area contributed by atoms with Crippen LogP contribution in [0.15, 0.2) is 18.2 Å². The second-order valence-corrected chi connectivity index (χ2v) is 3.12. The molecule has 0 spiro atoms. The van der Waals surface area contributed by atoms with Gasteiger partial charge in [0.05, 0.1) is 6.42 Å². The van der Waals surface area contributed by atoms with Gasteiger partial charge in [0.25, 0.3) is 0 Å². The topological polar surface area (TPSA) is 63.3 Å². The van der Waals surface area contributed by atoms with Crippen LogP contribution in [0.5, 0.6) is 0 Å². The van der Waals surface area contributed by atoms with Gasteiger partial charge in [0.2, 0.25) is 0 Å². The zero-order chi connectivity index (χ0) is 9.84. The van der Waals surface area contributed by atoms with E-state index in [1.807, 2.05) is 0 Å². The molecule has 70 valence electrons. The van der Waals surface area contributed by atoms with Crippen LogP contribution >= 0.6 is 11.6 Å². The summed E-state index contributed by atoms with van der Waals surface area (Å²) >= 11 is 5.72. The monoisotopic (exact) mass is 199 g/mol. The standard InChI is InChI=1S/C9H10ClNO2/c10-8-2-1-6(5-11)7(3-8)4-9(12)13/h1-3H,4-5,11H2,(H,12,13). The molecule has 4 heteroatoms. The first-order chi connectivity index (χ1) is 6.13. The average molecular weight is 200 g/mol. The van der Waals surface area contributed by atoms with E-state index < -0.39 is 5.97 Å². The maximum absolute atomic E-state index is 10.5. The van der Waals surface area contributed by atoms with Crippen molar-refractivity contribution in [2.75, 3.05) is 0 Å². The SMILES string of the molecule is NCc1ccc(Cl)cc1CC(=O)O. The van der Waals surface area contributed by atoms with E-state index in [1.54, 1.807) is 18.2 Å². The van der Waals surface area contributed by atoms with Crippen LogP contribution in [-0.2, 0) is 17.8 Å². The Kier molecular flexibility index (Phi) is 3.28. The van der Waals surface area contributed by atoms with Crippen LogP contribution in [0, 0.1) is 0 Å². The van der Waals surface area contributed by atoms with Crippen LogP contribution in [0.4, 0.5) is 0 Å². The number of halogens is 1. The first-order valence-electron chi connectivity index (χ1n) is 3.82. The number of carboxylic acid groups (broad SMARTS) is 1. The highest BCUT2D eigenvalue weighted by atomic mass is 35.5. The molecule has 3 nitrogen and oxygen atoms in total. The lowest BCUT2D eigenvalue weighted by atomic mass is 10.1. The number of aliphatic carboxylic acids is 1. The van der Waals surface area contributed by atoms with Gasteiger partial charge in [-0.2, -0.15) is 0 Å². The van der Waals surface area contributed by atoms with Crippen LogP contribution in [0.1, 0.15) is 11.1 Å². The summed E-state index contributed by atoms with van der Waals surface area (Å²) in [5, 5.41) is 9.13. The van der Waals surface area contributed by atoms with Gasteiger partial charge in [-0.15, -0.1) is 0 Å². The van der Waals surface area contributed by atoms with Crippen molar-refractivity contribution in [3.63, 3.8) is 0 Å². The lowest BCUT2D eigenvalue weighted by Crippen LogP contribution is -2.06. The highest BCUT2D eigenvalue weighted by Crippen LogP contribution is 2.16. The third kappa shape index (κ3) is 2.72. The summed E-state index contributed by atoms with van der Waals surface area (Å²) in [6.45, 7) is 0.333. The van der Waals surface area contributed by atoms with Crippen molar-refractivity contribution in [3.8, 4) is 0 Å². The molecule has 0 aliphatic heterocycles. The largest absolute Gasteiger partial charge is 0.481 e. The van der Waals surface area contributed by atoms with Gasteiger partial charge in [-0.1, -0.05) is 17.7 Å². The van der Waals surface area contributed by atoms with E-state index in [-0.39, 0.29) is 6.42 Å². The number of rotatable bonds is 3. The minimum Gasteiger partial charge on any atom is -0.481 e. The van der Waals surface area contributed by atoms with Crippen molar-refractivity contribution in [3.05, 3.63) is 34.3 Å². The van der Waals surface area contributed by atoms with Crippen molar-refractivity contribution in [2.45, 2.75) is 13.0 Å². The molecule has 1 rings (SSSR count). The van der Waals surface area contributed by atoms with Gasteiger partial charge < -0.3 is 10.8 Å². The molecule has 13 heavy (non-hydrogen) atoms. The van der Waals surface area contributed by atoms with E-state index in [0.29, 0.717) is 17.1 Å². The van der Waals surface area contributed by atoms with Gasteiger partial charge in [-0.05, 0) is 23.3 Å². The maximum Gasteiger partial charge on any atom is 0.307 e. The summed E-state index contributed by atoms with van der Waals surface area (Å²) in [7, 11) is 0. The molecule has 0 saturated heterocycles. The third-order valence-corrected chi connectivity index (χ3v) is 1.96. The van der Waals surface area contributed by atoms with Gasteiger partial charge in [-0.3, -0.25) is 4.79 Å². The molecule has 0 bridgehead atoms. The summed E-state index contributed by atoms with van der Waals surface area (Å²) < 4.78 is 0. The smallest absolute Gasteiger partial charge is 0.307 e. The Balaban J connectivity index is 3.01. The average Bonchev–Trinajstić information content (AvgIpc) is 2.03. The number of benzene rings is 1. The molecule has 3 N–H and O–H groups in total. The number of nitrogens with two attached hydrogens (primary N) is 1. The molecule has 0 amide bonds. The van der Waals surface area contributed by atoms with Crippen molar-refractivity contribution < 1.29 is 9.90 Å². The molecular weight excluding hydrogens is 190 g/mol. The van der Waals surface area contributed by atoms with Crippen LogP contribution in [-0.4, -0.2) is 11.1 Å². The molecule has 0 unspecified atom stereocenters. The van der Waals surface area contributed by atoms with E-state index in [2.05, 4.69) is 0 Å². The predicted molar refractivity (Wildman–Crippen MR) is 50.7 cm³/mol. The molecular formula is C9H10ClNO2. The fourth-order valence-electron chi connectivity index (χ4n) is 1.12. The minimum absolute atomic E-state index is 0.0346. The highest BCUT2D eigenvalue weighted by Gasteiger charge is 2.05. The molecule has 1 aromatic rings. The minimum atomic E-state index is -0.878. The molecule has 1 aromatic carbocycles. The van der Waals surface area contributed by atoms with Crippen molar-refractivity contribution >= 4 is 17.6 Å². The van der Waals surface area contributed by atoms with E-state index in [0.717, 1.165) is 5.56 Å². The Morgan fingerprint density at radius 2 is 2.15 bits per heavy atom. The molecule has 0 atom stereocenters. The summed E-state index contributed by atoms with van der Waals surface area (Å²) in [6, 6.07) is 5.09. The Labute approximate surface area is 81.1 Å². The zero-order valence-corrected chi connectivity index (χ0v) is 7.71. The number of carbonyl (C=O) groups is 1. The number of hydrogen-bond donors (Lipinski definition) is 2. The number of carboxylic acids is 1. The third-order valence-electron chi connectivity index (χ3n) is 1.73. The van der Waals surface area contributed by atoms with Crippen molar-refractivity contribution in [1.82, 2.24) is 0 Å². The fraction of sp³-hybridized carbons (Fsp3) is 0.222. The van der Waals surface area contributed by atoms with Crippen molar-refractivity contribution in [1.29, 1.82) is 0 Å². The summed E-state index contributed by atoms with van der Waals surface area (Å²) in [4.78, 5) is 10.5. The Hall–Kier alpha value is -1.06. The zero-order valence-electron chi connectivity index (χ0n) is 6.96. The summed E-state index contributed by atoms with van der Waals surface area (Å²) in [5.74, 6) is -0.878. The Bertz CT molecular complexity index is 325. The number of hydrogen-bond acceptors (Lipinski definition) is 2. The molecule has 0 aliphatic carbocycles. The normalized spacial score (nSPS) is 10.0. The molecule has 0 radical (unpaired) electrons. The molecule has 0 aromatic heterocycles. The van der Waals surface area contributed by atoms with Gasteiger partial charge in [0.15, 0.2) is 0 Å². The maximum atomic E-state index is 10.5. The quantitative estimate of drug-likeness (QED) is 0.774. The molecule has 0 saturated carbocycles. The van der Waals surface area contributed by atoms with Crippen LogP contribution in [0.25, 0.3) is 0 Å². The lowest BCUT2D eigenvalue weighted by Gasteiger charge is -2.05. The van der Waals surface area contributed by atoms with Gasteiger partial charge in [0, 0.05) is 11.6 Å². The molecule has 0 aliphatic rings.